The van der Waals surface area contributed by atoms with Crippen LogP contribution >= 0.6 is 34.0 Å². The predicted molar refractivity (Wildman–Crippen MR) is 211 cm³/mol. The summed E-state index contributed by atoms with van der Waals surface area (Å²) in [5, 5.41) is 6.19. The van der Waals surface area contributed by atoms with E-state index in [4.69, 9.17) is 4.98 Å². The first-order valence-electron chi connectivity index (χ1n) is 16.0. The molecule has 7 aromatic carbocycles. The standard InChI is InChI=1S/C43H26N2S3/c1-3-11-27(12-4-1)31-15-7-9-17-35(31)45(29-19-21-33-32-16-8-10-18-36(32)46-39(33)25-29)30-20-22-34-40(26-30)47-37-23-24-38-42(41(34)37)44-43(48-38)28-13-5-2-6-14-28/h1-26H. The lowest BCUT2D eigenvalue weighted by molar-refractivity contribution is 1.30. The SMILES string of the molecule is c1ccc(-c2nc3c(ccc4sc5cc(N(c6ccc7c(c6)sc6ccccc67)c6ccccc6-c6ccccc6)ccc5c43)s2)cc1. The number of rotatable bonds is 5. The van der Waals surface area contributed by atoms with Gasteiger partial charge in [-0.05, 0) is 54.1 Å². The molecule has 0 unspecified atom stereocenters. The summed E-state index contributed by atoms with van der Waals surface area (Å²) in [4.78, 5) is 7.63. The number of para-hydroxylation sites is 1. The molecule has 5 heteroatoms. The van der Waals surface area contributed by atoms with Gasteiger partial charge in [0.2, 0.25) is 0 Å². The first kappa shape index (κ1) is 27.8. The Morgan fingerprint density at radius 3 is 1.83 bits per heavy atom. The Morgan fingerprint density at radius 1 is 0.417 bits per heavy atom. The number of thiophene rings is 2. The Morgan fingerprint density at radius 2 is 1.02 bits per heavy atom. The molecule has 10 rings (SSSR count). The van der Waals surface area contributed by atoms with Gasteiger partial charge in [0.15, 0.2) is 0 Å². The lowest BCUT2D eigenvalue weighted by atomic mass is 10.0. The molecule has 0 bridgehead atoms. The zero-order chi connectivity index (χ0) is 31.6. The van der Waals surface area contributed by atoms with Gasteiger partial charge >= 0.3 is 0 Å². The maximum absolute atomic E-state index is 5.19. The third kappa shape index (κ3) is 4.47. The fourth-order valence-electron chi connectivity index (χ4n) is 6.90. The van der Waals surface area contributed by atoms with Crippen LogP contribution in [-0.4, -0.2) is 4.98 Å². The zero-order valence-corrected chi connectivity index (χ0v) is 28.1. The van der Waals surface area contributed by atoms with Crippen LogP contribution in [0.15, 0.2) is 158 Å². The van der Waals surface area contributed by atoms with Gasteiger partial charge in [0, 0.05) is 62.8 Å². The first-order valence-corrected chi connectivity index (χ1v) is 18.4. The van der Waals surface area contributed by atoms with Gasteiger partial charge in [-0.1, -0.05) is 109 Å². The van der Waals surface area contributed by atoms with Gasteiger partial charge in [0.1, 0.15) is 5.01 Å². The molecule has 0 aliphatic rings. The number of hydrogen-bond acceptors (Lipinski definition) is 5. The normalized spacial score (nSPS) is 11.8. The van der Waals surface area contributed by atoms with Crippen molar-refractivity contribution < 1.29 is 0 Å². The number of fused-ring (bicyclic) bond motifs is 8. The van der Waals surface area contributed by atoms with Crippen LogP contribution in [0.2, 0.25) is 0 Å². The Bertz CT molecular complexity index is 2790. The highest BCUT2D eigenvalue weighted by atomic mass is 32.1. The average molecular weight is 667 g/mol. The van der Waals surface area contributed by atoms with E-state index in [1.165, 1.54) is 56.2 Å². The minimum Gasteiger partial charge on any atom is -0.310 e. The van der Waals surface area contributed by atoms with E-state index in [0.717, 1.165) is 33.1 Å². The highest BCUT2D eigenvalue weighted by Crippen LogP contribution is 2.47. The predicted octanol–water partition coefficient (Wildman–Crippen LogP) is 13.8. The Kier molecular flexibility index (Phi) is 6.44. The van der Waals surface area contributed by atoms with Crippen molar-refractivity contribution in [1.82, 2.24) is 4.98 Å². The summed E-state index contributed by atoms with van der Waals surface area (Å²) in [5.74, 6) is 0. The Balaban J connectivity index is 1.19. The molecule has 0 radical (unpaired) electrons. The zero-order valence-electron chi connectivity index (χ0n) is 25.6. The van der Waals surface area contributed by atoms with Crippen LogP contribution in [0, 0.1) is 0 Å². The molecule has 0 atom stereocenters. The van der Waals surface area contributed by atoms with Gasteiger partial charge in [0.05, 0.1) is 15.9 Å². The van der Waals surface area contributed by atoms with E-state index in [0.29, 0.717) is 0 Å². The van der Waals surface area contributed by atoms with Crippen molar-refractivity contribution >= 4 is 102 Å². The minimum absolute atomic E-state index is 1.06. The summed E-state index contributed by atoms with van der Waals surface area (Å²) in [7, 11) is 0. The van der Waals surface area contributed by atoms with Crippen LogP contribution in [0.25, 0.3) is 72.3 Å². The molecule has 0 saturated heterocycles. The molecule has 10 aromatic rings. The van der Waals surface area contributed by atoms with Crippen molar-refractivity contribution in [3.05, 3.63) is 158 Å². The van der Waals surface area contributed by atoms with E-state index >= 15 is 0 Å². The third-order valence-electron chi connectivity index (χ3n) is 9.11. The van der Waals surface area contributed by atoms with Crippen LogP contribution in [-0.2, 0) is 0 Å². The molecule has 0 aliphatic carbocycles. The average Bonchev–Trinajstić information content (AvgIpc) is 3.85. The summed E-state index contributed by atoms with van der Waals surface area (Å²) >= 11 is 5.48. The molecule has 0 fully saturated rings. The number of nitrogens with zero attached hydrogens (tertiary/aromatic N) is 2. The molecule has 3 heterocycles. The van der Waals surface area contributed by atoms with Crippen molar-refractivity contribution in [1.29, 1.82) is 0 Å². The van der Waals surface area contributed by atoms with Gasteiger partial charge in [0.25, 0.3) is 0 Å². The largest absolute Gasteiger partial charge is 0.310 e. The van der Waals surface area contributed by atoms with E-state index in [9.17, 15) is 0 Å². The Hall–Kier alpha value is -5.33. The molecule has 2 nitrogen and oxygen atoms in total. The van der Waals surface area contributed by atoms with Gasteiger partial charge < -0.3 is 4.90 Å². The van der Waals surface area contributed by atoms with Gasteiger partial charge in [-0.25, -0.2) is 4.98 Å². The topological polar surface area (TPSA) is 16.1 Å². The van der Waals surface area contributed by atoms with Crippen LogP contribution in [0.4, 0.5) is 17.1 Å². The molecule has 48 heavy (non-hydrogen) atoms. The number of aromatic nitrogens is 1. The van der Waals surface area contributed by atoms with Crippen LogP contribution < -0.4 is 4.90 Å². The molecular weight excluding hydrogens is 641 g/mol. The van der Waals surface area contributed by atoms with E-state index in [1.54, 1.807) is 11.3 Å². The lowest BCUT2D eigenvalue weighted by Gasteiger charge is -2.28. The van der Waals surface area contributed by atoms with E-state index in [-0.39, 0.29) is 0 Å². The minimum atomic E-state index is 1.06. The second kappa shape index (κ2) is 11.1. The molecule has 0 saturated carbocycles. The van der Waals surface area contributed by atoms with Gasteiger partial charge in [-0.3, -0.25) is 0 Å². The molecule has 226 valence electrons. The number of thiazole rings is 1. The van der Waals surface area contributed by atoms with Gasteiger partial charge in [-0.2, -0.15) is 0 Å². The molecule has 3 aromatic heterocycles. The first-order chi connectivity index (χ1) is 23.8. The van der Waals surface area contributed by atoms with E-state index < -0.39 is 0 Å². The maximum Gasteiger partial charge on any atom is 0.124 e. The second-order valence-electron chi connectivity index (χ2n) is 12.0. The van der Waals surface area contributed by atoms with Crippen LogP contribution in [0.5, 0.6) is 0 Å². The number of hydrogen-bond donors (Lipinski definition) is 0. The van der Waals surface area contributed by atoms with Crippen molar-refractivity contribution in [2.45, 2.75) is 0 Å². The molecule has 0 aliphatic heterocycles. The molecule has 0 N–H and O–H groups in total. The number of anilines is 3. The third-order valence-corrected chi connectivity index (χ3v) is 12.4. The summed E-state index contributed by atoms with van der Waals surface area (Å²) in [6, 6.07) is 57.1. The lowest BCUT2D eigenvalue weighted by Crippen LogP contribution is -2.11. The summed E-state index contributed by atoms with van der Waals surface area (Å²) < 4.78 is 6.35. The van der Waals surface area contributed by atoms with E-state index in [2.05, 4.69) is 163 Å². The van der Waals surface area contributed by atoms with Crippen LogP contribution in [0.1, 0.15) is 0 Å². The van der Waals surface area contributed by atoms with Gasteiger partial charge in [-0.15, -0.1) is 34.0 Å². The summed E-state index contributed by atoms with van der Waals surface area (Å²) in [6.45, 7) is 0. The van der Waals surface area contributed by atoms with Crippen molar-refractivity contribution in [3.63, 3.8) is 0 Å². The van der Waals surface area contributed by atoms with Crippen molar-refractivity contribution in [3.8, 4) is 21.7 Å². The van der Waals surface area contributed by atoms with E-state index in [1.807, 2.05) is 22.7 Å². The summed E-state index contributed by atoms with van der Waals surface area (Å²) in [5.41, 5.74) is 8.09. The smallest absolute Gasteiger partial charge is 0.124 e. The molecular formula is C43H26N2S3. The van der Waals surface area contributed by atoms with Crippen molar-refractivity contribution in [2.75, 3.05) is 4.90 Å². The Labute approximate surface area is 289 Å². The molecule has 0 spiro atoms. The van der Waals surface area contributed by atoms with Crippen molar-refractivity contribution in [2.24, 2.45) is 0 Å². The second-order valence-corrected chi connectivity index (χ2v) is 15.1. The highest BCUT2D eigenvalue weighted by molar-refractivity contribution is 7.27. The number of benzene rings is 7. The fraction of sp³-hybridized carbons (Fsp3) is 0. The molecule has 0 amide bonds. The summed E-state index contributed by atoms with van der Waals surface area (Å²) in [6.07, 6.45) is 0. The maximum atomic E-state index is 5.19. The fourth-order valence-corrected chi connectivity index (χ4v) is 10.2. The monoisotopic (exact) mass is 666 g/mol. The highest BCUT2D eigenvalue weighted by Gasteiger charge is 2.20. The quantitative estimate of drug-likeness (QED) is 0.182. The van der Waals surface area contributed by atoms with Crippen LogP contribution in [0.3, 0.4) is 0 Å².